The first-order valence-electron chi connectivity index (χ1n) is 20.2. The number of aliphatic hydroxyl groups excluding tert-OH is 3. The van der Waals surface area contributed by atoms with E-state index >= 15 is 0 Å². The van der Waals surface area contributed by atoms with E-state index in [-0.39, 0.29) is 42.6 Å². The predicted octanol–water partition coefficient (Wildman–Crippen LogP) is 5.81. The molecule has 14 heteroatoms. The van der Waals surface area contributed by atoms with Crippen molar-refractivity contribution in [3.05, 3.63) is 144 Å². The van der Waals surface area contributed by atoms with Crippen LogP contribution in [0.3, 0.4) is 0 Å². The zero-order valence-corrected chi connectivity index (χ0v) is 35.6. The van der Waals surface area contributed by atoms with Crippen LogP contribution in [0.2, 0.25) is 18.1 Å². The number of esters is 2. The minimum atomic E-state index is -2.63. The molecule has 4 aromatic rings. The fourth-order valence-electron chi connectivity index (χ4n) is 6.69. The Kier molecular flexibility index (Phi) is 15.4. The topological polar surface area (TPSA) is 169 Å². The van der Waals surface area contributed by atoms with Crippen molar-refractivity contribution >= 4 is 20.3 Å². The molecule has 4 aromatic carbocycles. The summed E-state index contributed by atoms with van der Waals surface area (Å²) in [6.07, 6.45) is -14.4. The lowest BCUT2D eigenvalue weighted by Crippen LogP contribution is -2.67. The van der Waals surface area contributed by atoms with Crippen LogP contribution in [-0.2, 0) is 50.8 Å². The Balaban J connectivity index is 1.33. The number of benzene rings is 4. The van der Waals surface area contributed by atoms with Crippen molar-refractivity contribution in [2.75, 3.05) is 13.2 Å². The van der Waals surface area contributed by atoms with Crippen LogP contribution in [0.15, 0.2) is 121 Å². The quantitative estimate of drug-likeness (QED) is 0.0914. The highest BCUT2D eigenvalue weighted by atomic mass is 28.4. The van der Waals surface area contributed by atoms with Gasteiger partial charge in [0.05, 0.1) is 37.6 Å². The van der Waals surface area contributed by atoms with E-state index in [2.05, 4.69) is 20.8 Å². The molecule has 0 radical (unpaired) electrons. The van der Waals surface area contributed by atoms with Gasteiger partial charge >= 0.3 is 11.9 Å². The molecule has 2 saturated heterocycles. The van der Waals surface area contributed by atoms with Gasteiger partial charge in [-0.25, -0.2) is 9.59 Å². The lowest BCUT2D eigenvalue weighted by molar-refractivity contribution is -0.354. The predicted molar refractivity (Wildman–Crippen MR) is 222 cm³/mol. The summed E-state index contributed by atoms with van der Waals surface area (Å²) < 4.78 is 49.9. The minimum Gasteiger partial charge on any atom is -0.450 e. The van der Waals surface area contributed by atoms with E-state index < -0.39 is 81.7 Å². The Morgan fingerprint density at radius 1 is 0.583 bits per heavy atom. The number of hydrogen-bond donors (Lipinski definition) is 3. The average Bonchev–Trinajstić information content (AvgIpc) is 3.24. The maximum absolute atomic E-state index is 13.7. The normalized spacial score (nSPS) is 27.2. The van der Waals surface area contributed by atoms with Crippen molar-refractivity contribution in [3.63, 3.8) is 0 Å². The van der Waals surface area contributed by atoms with Gasteiger partial charge in [0.15, 0.2) is 33.1 Å². The maximum atomic E-state index is 13.7. The summed E-state index contributed by atoms with van der Waals surface area (Å²) in [4.78, 5) is 27.0. The van der Waals surface area contributed by atoms with Crippen LogP contribution in [0.5, 0.6) is 0 Å². The van der Waals surface area contributed by atoms with Crippen LogP contribution in [-0.4, -0.2) is 110 Å². The molecule has 0 bridgehead atoms. The first-order valence-corrected chi connectivity index (χ1v) is 23.1. The molecule has 3 N–H and O–H groups in total. The van der Waals surface area contributed by atoms with Crippen LogP contribution in [0.4, 0.5) is 0 Å². The van der Waals surface area contributed by atoms with Crippen molar-refractivity contribution in [2.45, 2.75) is 114 Å². The second-order valence-electron chi connectivity index (χ2n) is 16.5. The third kappa shape index (κ3) is 11.5. The van der Waals surface area contributed by atoms with Crippen LogP contribution in [0.25, 0.3) is 0 Å². The molecule has 0 amide bonds. The van der Waals surface area contributed by atoms with Gasteiger partial charge in [0, 0.05) is 0 Å². The number of rotatable bonds is 16. The van der Waals surface area contributed by atoms with Crippen LogP contribution >= 0.6 is 0 Å². The highest BCUT2D eigenvalue weighted by Gasteiger charge is 2.55. The van der Waals surface area contributed by atoms with Gasteiger partial charge in [0.1, 0.15) is 36.6 Å². The molecule has 60 heavy (non-hydrogen) atoms. The third-order valence-corrected chi connectivity index (χ3v) is 15.5. The zero-order valence-electron chi connectivity index (χ0n) is 34.6. The highest BCUT2D eigenvalue weighted by Crippen LogP contribution is 2.41. The summed E-state index contributed by atoms with van der Waals surface area (Å²) in [7, 11) is -2.63. The molecule has 2 aliphatic rings. The van der Waals surface area contributed by atoms with Gasteiger partial charge in [0.2, 0.25) is 0 Å². The van der Waals surface area contributed by atoms with Gasteiger partial charge in [0.25, 0.3) is 0 Å². The molecule has 0 aliphatic carbocycles. The molecule has 0 aromatic heterocycles. The fourth-order valence-corrected chi connectivity index (χ4v) is 8.01. The number of hydrogen-bond acceptors (Lipinski definition) is 13. The molecular formula is C46H56O13Si. The molecule has 2 aliphatic heterocycles. The summed E-state index contributed by atoms with van der Waals surface area (Å²) in [5.41, 5.74) is 2.16. The van der Waals surface area contributed by atoms with Crippen LogP contribution in [0, 0.1) is 0 Å². The van der Waals surface area contributed by atoms with E-state index in [4.69, 9.17) is 37.6 Å². The smallest absolute Gasteiger partial charge is 0.338 e. The second kappa shape index (κ2) is 20.5. The number of carbonyl (C=O) groups is 2. The summed E-state index contributed by atoms with van der Waals surface area (Å²) in [5, 5.41) is 35.2. The van der Waals surface area contributed by atoms with Crippen molar-refractivity contribution < 1.29 is 62.5 Å². The van der Waals surface area contributed by atoms with E-state index in [1.807, 2.05) is 73.8 Å². The third-order valence-electron chi connectivity index (χ3n) is 11.1. The molecule has 6 rings (SSSR count). The Labute approximate surface area is 352 Å². The van der Waals surface area contributed by atoms with E-state index in [9.17, 15) is 24.9 Å². The monoisotopic (exact) mass is 844 g/mol. The second-order valence-corrected chi connectivity index (χ2v) is 21.3. The number of aliphatic hydroxyl groups is 3. The Morgan fingerprint density at radius 3 is 1.47 bits per heavy atom. The Morgan fingerprint density at radius 2 is 1.00 bits per heavy atom. The molecule has 2 fully saturated rings. The zero-order chi connectivity index (χ0) is 42.9. The average molecular weight is 845 g/mol. The van der Waals surface area contributed by atoms with E-state index in [1.165, 1.54) is 12.1 Å². The summed E-state index contributed by atoms with van der Waals surface area (Å²) >= 11 is 0. The number of carbonyl (C=O) groups excluding carboxylic acids is 2. The fraction of sp³-hybridized carbons (Fsp3) is 0.435. The molecule has 0 spiro atoms. The van der Waals surface area contributed by atoms with E-state index in [0.717, 1.165) is 11.1 Å². The van der Waals surface area contributed by atoms with Crippen molar-refractivity contribution in [3.8, 4) is 0 Å². The molecule has 0 unspecified atom stereocenters. The van der Waals surface area contributed by atoms with Crippen LogP contribution < -0.4 is 0 Å². The van der Waals surface area contributed by atoms with Gasteiger partial charge in [-0.15, -0.1) is 0 Å². The molecule has 10 atom stereocenters. The van der Waals surface area contributed by atoms with Gasteiger partial charge in [-0.3, -0.25) is 0 Å². The summed E-state index contributed by atoms with van der Waals surface area (Å²) in [6, 6.07) is 35.3. The van der Waals surface area contributed by atoms with Gasteiger partial charge in [-0.05, 0) is 53.5 Å². The van der Waals surface area contributed by atoms with E-state index in [0.29, 0.717) is 0 Å². The van der Waals surface area contributed by atoms with Crippen LogP contribution in [0.1, 0.15) is 52.6 Å². The number of ether oxygens (including phenoxy) is 7. The van der Waals surface area contributed by atoms with Gasteiger partial charge < -0.3 is 52.9 Å². The Hall–Kier alpha value is -4.32. The Bertz CT molecular complexity index is 1930. The molecule has 2 heterocycles. The summed E-state index contributed by atoms with van der Waals surface area (Å²) in [5.74, 6) is -1.59. The minimum absolute atomic E-state index is 0.0617. The first-order chi connectivity index (χ1) is 28.7. The lowest BCUT2D eigenvalue weighted by atomic mass is 9.96. The van der Waals surface area contributed by atoms with E-state index in [1.54, 1.807) is 48.5 Å². The SMILES string of the molecule is CC(C)(C)[Si](C)(C)O[C@H]1[C@H](O)[C@H](OC(=O)c2ccccc2)[C@@H](O[C@H]2[C@H](O)[C@H](OC(=O)c3ccccc3)[C@@H](O)O[C@@H]2COCc2ccccc2)O[C@@H]1COCc1ccccc1. The largest absolute Gasteiger partial charge is 0.450 e. The van der Waals surface area contributed by atoms with Gasteiger partial charge in [-0.1, -0.05) is 118 Å². The summed E-state index contributed by atoms with van der Waals surface area (Å²) in [6.45, 7) is 10.4. The standard InChI is InChI=1S/C46H56O13Si/c1-46(2,3)60(4,5)59-39-35(29-53-27-31-20-12-7-13-21-31)55-45(41(37(39)48)57-43(50)33-24-16-9-17-25-33)58-38-34(28-52-26-30-18-10-6-11-19-30)54-44(51)40(36(38)47)56-42(49)32-22-14-8-15-23-32/h6-25,34-41,44-45,47-48,51H,26-29H2,1-5H3/t34-,35-,36+,37+,38-,39-,40+,41+,44+,45-/m1/s1. The molecule has 13 nitrogen and oxygen atoms in total. The van der Waals surface area contributed by atoms with Crippen molar-refractivity contribution in [2.24, 2.45) is 0 Å². The first kappa shape index (κ1) is 45.2. The molecule has 0 saturated carbocycles. The maximum Gasteiger partial charge on any atom is 0.338 e. The molecular weight excluding hydrogens is 789 g/mol. The highest BCUT2D eigenvalue weighted by molar-refractivity contribution is 6.74. The van der Waals surface area contributed by atoms with Crippen molar-refractivity contribution in [1.82, 2.24) is 0 Å². The van der Waals surface area contributed by atoms with Crippen molar-refractivity contribution in [1.29, 1.82) is 0 Å². The lowest BCUT2D eigenvalue weighted by Gasteiger charge is -2.50. The molecule has 322 valence electrons. The van der Waals surface area contributed by atoms with Gasteiger partial charge in [-0.2, -0.15) is 0 Å².